The number of nitrogens with zero attached hydrogens (tertiary/aromatic N) is 2. The molecule has 1 heterocycles. The summed E-state index contributed by atoms with van der Waals surface area (Å²) in [4.78, 5) is 12.2. The van der Waals surface area contributed by atoms with E-state index < -0.39 is 0 Å². The van der Waals surface area contributed by atoms with Crippen LogP contribution in [0.15, 0.2) is 60.9 Å². The quantitative estimate of drug-likeness (QED) is 0.793. The number of carbonyl (C=O) groups is 1. The molecule has 0 bridgehead atoms. The molecule has 3 aromatic rings. The smallest absolute Gasteiger partial charge is 0.254 e. The second-order valence-electron chi connectivity index (χ2n) is 5.32. The molecule has 116 valence electrons. The molecule has 0 spiro atoms. The predicted molar refractivity (Wildman–Crippen MR) is 90.9 cm³/mol. The zero-order valence-corrected chi connectivity index (χ0v) is 13.4. The third-order valence-electron chi connectivity index (χ3n) is 3.47. The molecule has 5 heteroatoms. The normalized spacial score (nSPS) is 10.5. The maximum Gasteiger partial charge on any atom is 0.254 e. The number of benzene rings is 2. The summed E-state index contributed by atoms with van der Waals surface area (Å²) in [6, 6.07) is 15.3. The van der Waals surface area contributed by atoms with Gasteiger partial charge in [0, 0.05) is 17.8 Å². The fourth-order valence-corrected chi connectivity index (χ4v) is 2.41. The number of halogens is 1. The molecule has 0 atom stereocenters. The van der Waals surface area contributed by atoms with Gasteiger partial charge < -0.3 is 5.32 Å². The van der Waals surface area contributed by atoms with Crippen LogP contribution in [0.3, 0.4) is 0 Å². The third kappa shape index (κ3) is 3.79. The SMILES string of the molecule is Cc1cccc(CNC(=O)c2cnn(-c3ccc(Cl)cc3)c2)c1. The van der Waals surface area contributed by atoms with E-state index in [0.717, 1.165) is 11.3 Å². The van der Waals surface area contributed by atoms with E-state index in [4.69, 9.17) is 11.6 Å². The van der Waals surface area contributed by atoms with Gasteiger partial charge in [0.1, 0.15) is 0 Å². The molecule has 0 fully saturated rings. The molecule has 23 heavy (non-hydrogen) atoms. The van der Waals surface area contributed by atoms with Crippen LogP contribution in [-0.4, -0.2) is 15.7 Å². The Morgan fingerprint density at radius 1 is 1.22 bits per heavy atom. The summed E-state index contributed by atoms with van der Waals surface area (Å²) in [7, 11) is 0. The molecule has 1 N–H and O–H groups in total. The molecule has 1 amide bonds. The van der Waals surface area contributed by atoms with Crippen molar-refractivity contribution in [3.05, 3.63) is 82.6 Å². The molecule has 0 radical (unpaired) electrons. The summed E-state index contributed by atoms with van der Waals surface area (Å²) >= 11 is 5.87. The van der Waals surface area contributed by atoms with Crippen molar-refractivity contribution in [2.24, 2.45) is 0 Å². The molecule has 1 aromatic heterocycles. The predicted octanol–water partition coefficient (Wildman–Crippen LogP) is 3.76. The Morgan fingerprint density at radius 3 is 2.74 bits per heavy atom. The Hall–Kier alpha value is -2.59. The number of amides is 1. The fraction of sp³-hybridized carbons (Fsp3) is 0.111. The minimum absolute atomic E-state index is 0.147. The Labute approximate surface area is 139 Å². The van der Waals surface area contributed by atoms with Crippen LogP contribution >= 0.6 is 11.6 Å². The second-order valence-corrected chi connectivity index (χ2v) is 5.76. The molecule has 0 unspecified atom stereocenters. The molecule has 0 aliphatic carbocycles. The number of hydrogen-bond donors (Lipinski definition) is 1. The van der Waals surface area contributed by atoms with Crippen LogP contribution in [0.25, 0.3) is 5.69 Å². The van der Waals surface area contributed by atoms with Crippen LogP contribution in [0.5, 0.6) is 0 Å². The molecule has 0 saturated heterocycles. The minimum Gasteiger partial charge on any atom is -0.348 e. The Balaban J connectivity index is 1.67. The van der Waals surface area contributed by atoms with Gasteiger partial charge in [0.25, 0.3) is 5.91 Å². The summed E-state index contributed by atoms with van der Waals surface area (Å²) in [5, 5.41) is 7.79. The first-order chi connectivity index (χ1) is 11.1. The van der Waals surface area contributed by atoms with Crippen molar-refractivity contribution in [3.8, 4) is 5.69 Å². The molecule has 4 nitrogen and oxygen atoms in total. The number of aromatic nitrogens is 2. The molecule has 0 saturated carbocycles. The van der Waals surface area contributed by atoms with E-state index in [1.165, 1.54) is 5.56 Å². The number of hydrogen-bond acceptors (Lipinski definition) is 2. The van der Waals surface area contributed by atoms with Crippen molar-refractivity contribution >= 4 is 17.5 Å². The van der Waals surface area contributed by atoms with Crippen LogP contribution in [0.1, 0.15) is 21.5 Å². The van der Waals surface area contributed by atoms with Gasteiger partial charge in [-0.15, -0.1) is 0 Å². The first-order valence-electron chi connectivity index (χ1n) is 7.26. The van der Waals surface area contributed by atoms with Crippen LogP contribution in [-0.2, 0) is 6.54 Å². The molecule has 0 aliphatic rings. The average molecular weight is 326 g/mol. The van der Waals surface area contributed by atoms with Gasteiger partial charge in [-0.2, -0.15) is 5.10 Å². The molecular weight excluding hydrogens is 310 g/mol. The molecule has 0 aliphatic heterocycles. The van der Waals surface area contributed by atoms with Gasteiger partial charge in [0.2, 0.25) is 0 Å². The van der Waals surface area contributed by atoms with Crippen molar-refractivity contribution in [3.63, 3.8) is 0 Å². The number of rotatable bonds is 4. The average Bonchev–Trinajstić information content (AvgIpc) is 3.03. The lowest BCUT2D eigenvalue weighted by Crippen LogP contribution is -2.22. The number of carbonyl (C=O) groups excluding carboxylic acids is 1. The Bertz CT molecular complexity index is 824. The summed E-state index contributed by atoms with van der Waals surface area (Å²) in [6.45, 7) is 2.52. The van der Waals surface area contributed by atoms with Crippen molar-refractivity contribution in [2.75, 3.05) is 0 Å². The van der Waals surface area contributed by atoms with Crippen molar-refractivity contribution in [1.29, 1.82) is 0 Å². The molecular formula is C18H16ClN3O. The fourth-order valence-electron chi connectivity index (χ4n) is 2.28. The second kappa shape index (κ2) is 6.67. The lowest BCUT2D eigenvalue weighted by atomic mass is 10.1. The Kier molecular flexibility index (Phi) is 4.44. The highest BCUT2D eigenvalue weighted by Gasteiger charge is 2.09. The van der Waals surface area contributed by atoms with Gasteiger partial charge in [-0.1, -0.05) is 41.4 Å². The third-order valence-corrected chi connectivity index (χ3v) is 3.72. The zero-order chi connectivity index (χ0) is 16.2. The van der Waals surface area contributed by atoms with Crippen LogP contribution in [0, 0.1) is 6.92 Å². The largest absolute Gasteiger partial charge is 0.348 e. The molecule has 3 rings (SSSR count). The van der Waals surface area contributed by atoms with Crippen molar-refractivity contribution < 1.29 is 4.79 Å². The van der Waals surface area contributed by atoms with E-state index in [2.05, 4.69) is 16.5 Å². The van der Waals surface area contributed by atoms with E-state index in [0.29, 0.717) is 17.1 Å². The lowest BCUT2D eigenvalue weighted by Gasteiger charge is -2.04. The maximum absolute atomic E-state index is 12.2. The highest BCUT2D eigenvalue weighted by Crippen LogP contribution is 2.13. The standard InChI is InChI=1S/C18H16ClN3O/c1-13-3-2-4-14(9-13)10-20-18(23)15-11-21-22(12-15)17-7-5-16(19)6-8-17/h2-9,11-12H,10H2,1H3,(H,20,23). The van der Waals surface area contributed by atoms with Gasteiger partial charge >= 0.3 is 0 Å². The highest BCUT2D eigenvalue weighted by atomic mass is 35.5. The monoisotopic (exact) mass is 325 g/mol. The van der Waals surface area contributed by atoms with Crippen LogP contribution in [0.4, 0.5) is 0 Å². The van der Waals surface area contributed by atoms with E-state index >= 15 is 0 Å². The lowest BCUT2D eigenvalue weighted by molar-refractivity contribution is 0.0951. The summed E-state index contributed by atoms with van der Waals surface area (Å²) in [6.07, 6.45) is 3.26. The summed E-state index contributed by atoms with van der Waals surface area (Å²) in [5.74, 6) is -0.147. The first-order valence-corrected chi connectivity index (χ1v) is 7.64. The van der Waals surface area contributed by atoms with E-state index in [1.807, 2.05) is 37.3 Å². The maximum atomic E-state index is 12.2. The van der Waals surface area contributed by atoms with E-state index in [1.54, 1.807) is 29.2 Å². The van der Waals surface area contributed by atoms with Crippen LogP contribution in [0.2, 0.25) is 5.02 Å². The van der Waals surface area contributed by atoms with E-state index in [-0.39, 0.29) is 5.91 Å². The van der Waals surface area contributed by atoms with Crippen molar-refractivity contribution in [1.82, 2.24) is 15.1 Å². The van der Waals surface area contributed by atoms with Gasteiger partial charge in [-0.3, -0.25) is 4.79 Å². The summed E-state index contributed by atoms with van der Waals surface area (Å²) < 4.78 is 1.65. The zero-order valence-electron chi connectivity index (χ0n) is 12.7. The van der Waals surface area contributed by atoms with Gasteiger partial charge in [-0.05, 0) is 36.8 Å². The van der Waals surface area contributed by atoms with Crippen LogP contribution < -0.4 is 5.32 Å². The highest BCUT2D eigenvalue weighted by molar-refractivity contribution is 6.30. The summed E-state index contributed by atoms with van der Waals surface area (Å²) in [5.41, 5.74) is 3.62. The van der Waals surface area contributed by atoms with Gasteiger partial charge in [0.05, 0.1) is 17.4 Å². The number of aryl methyl sites for hydroxylation is 1. The molecule has 2 aromatic carbocycles. The van der Waals surface area contributed by atoms with Gasteiger partial charge in [-0.25, -0.2) is 4.68 Å². The van der Waals surface area contributed by atoms with E-state index in [9.17, 15) is 4.79 Å². The Morgan fingerprint density at radius 2 is 2.00 bits per heavy atom. The van der Waals surface area contributed by atoms with Crippen molar-refractivity contribution in [2.45, 2.75) is 13.5 Å². The first kappa shape index (κ1) is 15.3. The topological polar surface area (TPSA) is 46.9 Å². The van der Waals surface area contributed by atoms with Gasteiger partial charge in [0.15, 0.2) is 0 Å². The minimum atomic E-state index is -0.147. The number of nitrogens with one attached hydrogen (secondary N) is 1.